The average molecular weight is 701 g/mol. The van der Waals surface area contributed by atoms with Crippen molar-refractivity contribution in [2.45, 2.75) is 57.8 Å². The highest BCUT2D eigenvalue weighted by Gasteiger charge is 2.46. The second kappa shape index (κ2) is 14.1. The lowest BCUT2D eigenvalue weighted by molar-refractivity contribution is 0.0702. The zero-order valence-corrected chi connectivity index (χ0v) is 31.0. The molecule has 7 aromatic rings. The van der Waals surface area contributed by atoms with Gasteiger partial charge in [-0.15, -0.1) is 0 Å². The molecule has 1 heterocycles. The fourth-order valence-corrected chi connectivity index (χ4v) is 9.89. The van der Waals surface area contributed by atoms with Gasteiger partial charge in [0.1, 0.15) is 0 Å². The molecule has 1 unspecified atom stereocenters. The van der Waals surface area contributed by atoms with Gasteiger partial charge in [0.25, 0.3) is 0 Å². The lowest BCUT2D eigenvalue weighted by Crippen LogP contribution is -2.42. The number of aromatic nitrogens is 3. The van der Waals surface area contributed by atoms with Crippen LogP contribution in [0.2, 0.25) is 0 Å². The number of nitrogens with zero attached hydrogens (tertiary/aromatic N) is 4. The fraction of sp³-hybridized carbons (Fsp3) is 0.240. The third-order valence-corrected chi connectivity index (χ3v) is 12.1. The van der Waals surface area contributed by atoms with E-state index in [2.05, 4.69) is 141 Å². The molecule has 0 saturated heterocycles. The van der Waals surface area contributed by atoms with Crippen LogP contribution in [0.4, 0.5) is 0 Å². The van der Waals surface area contributed by atoms with Gasteiger partial charge in [0.15, 0.2) is 17.5 Å². The Labute approximate surface area is 318 Å². The number of nitriles is 1. The molecule has 6 aromatic carbocycles. The first-order valence-electron chi connectivity index (χ1n) is 19.5. The molecule has 1 aromatic heterocycles. The van der Waals surface area contributed by atoms with Crippen molar-refractivity contribution in [2.24, 2.45) is 17.8 Å². The smallest absolute Gasteiger partial charge is 0.164 e. The first-order chi connectivity index (χ1) is 26.5. The molecule has 0 radical (unpaired) electrons. The van der Waals surface area contributed by atoms with E-state index in [4.69, 9.17) is 15.0 Å². The normalized spacial score (nSPS) is 20.7. The van der Waals surface area contributed by atoms with E-state index < -0.39 is 0 Å². The van der Waals surface area contributed by atoms with Crippen molar-refractivity contribution in [2.75, 3.05) is 0 Å². The summed E-state index contributed by atoms with van der Waals surface area (Å²) in [6, 6.07) is 51.2. The summed E-state index contributed by atoms with van der Waals surface area (Å²) in [6.45, 7) is 4.78. The van der Waals surface area contributed by atoms with Crippen LogP contribution < -0.4 is 0 Å². The number of hydrogen-bond acceptors (Lipinski definition) is 4. The quantitative estimate of drug-likeness (QED) is 0.166. The zero-order chi connectivity index (χ0) is 36.6. The predicted molar refractivity (Wildman–Crippen MR) is 220 cm³/mol. The Bertz CT molecular complexity index is 2520. The van der Waals surface area contributed by atoms with E-state index in [1.54, 1.807) is 0 Å². The molecule has 264 valence electrons. The number of rotatable bonds is 7. The van der Waals surface area contributed by atoms with E-state index in [9.17, 15) is 5.26 Å². The highest BCUT2D eigenvalue weighted by atomic mass is 15.0. The molecule has 2 fully saturated rings. The molecule has 2 bridgehead atoms. The maximum absolute atomic E-state index is 10.4. The van der Waals surface area contributed by atoms with E-state index in [-0.39, 0.29) is 5.41 Å². The minimum atomic E-state index is 0.105. The van der Waals surface area contributed by atoms with Crippen molar-refractivity contribution in [3.63, 3.8) is 0 Å². The van der Waals surface area contributed by atoms with Crippen molar-refractivity contribution < 1.29 is 0 Å². The predicted octanol–water partition coefficient (Wildman–Crippen LogP) is 12.7. The summed E-state index contributed by atoms with van der Waals surface area (Å²) in [4.78, 5) is 15.5. The second-order valence-corrected chi connectivity index (χ2v) is 15.8. The summed E-state index contributed by atoms with van der Waals surface area (Å²) >= 11 is 0. The van der Waals surface area contributed by atoms with Gasteiger partial charge in [0.2, 0.25) is 0 Å². The van der Waals surface area contributed by atoms with Crippen molar-refractivity contribution in [3.8, 4) is 62.5 Å². The molecule has 0 N–H and O–H groups in total. The Kier molecular flexibility index (Phi) is 8.87. The van der Waals surface area contributed by atoms with E-state index in [1.165, 1.54) is 60.4 Å². The Morgan fingerprint density at radius 2 is 1.26 bits per heavy atom. The van der Waals surface area contributed by atoms with Crippen LogP contribution >= 0.6 is 0 Å². The number of fused-ring (bicyclic) bond motifs is 3. The van der Waals surface area contributed by atoms with Gasteiger partial charge in [-0.3, -0.25) is 0 Å². The van der Waals surface area contributed by atoms with Crippen LogP contribution in [0.15, 0.2) is 140 Å². The van der Waals surface area contributed by atoms with Gasteiger partial charge < -0.3 is 0 Å². The van der Waals surface area contributed by atoms with Crippen molar-refractivity contribution >= 4 is 10.8 Å². The second-order valence-electron chi connectivity index (χ2n) is 15.8. The van der Waals surface area contributed by atoms with Gasteiger partial charge in [0.05, 0.1) is 11.6 Å². The lowest BCUT2D eigenvalue weighted by Gasteiger charge is -2.51. The first-order valence-corrected chi connectivity index (χ1v) is 19.5. The van der Waals surface area contributed by atoms with Gasteiger partial charge in [-0.2, -0.15) is 5.26 Å². The van der Waals surface area contributed by atoms with Gasteiger partial charge in [-0.25, -0.2) is 15.0 Å². The zero-order valence-electron chi connectivity index (χ0n) is 31.0. The van der Waals surface area contributed by atoms with E-state index >= 15 is 0 Å². The highest BCUT2D eigenvalue weighted by molar-refractivity contribution is 5.97. The van der Waals surface area contributed by atoms with E-state index in [0.717, 1.165) is 45.2 Å². The summed E-state index contributed by atoms with van der Waals surface area (Å²) in [5.41, 5.74) is 9.28. The lowest BCUT2D eigenvalue weighted by atomic mass is 9.54. The highest BCUT2D eigenvalue weighted by Crippen LogP contribution is 2.55. The summed E-state index contributed by atoms with van der Waals surface area (Å²) in [5.74, 6) is 4.03. The summed E-state index contributed by atoms with van der Waals surface area (Å²) in [7, 11) is 0. The van der Waals surface area contributed by atoms with E-state index in [0.29, 0.717) is 29.0 Å². The Morgan fingerprint density at radius 3 is 2.09 bits per heavy atom. The third kappa shape index (κ3) is 6.39. The van der Waals surface area contributed by atoms with Gasteiger partial charge in [-0.05, 0) is 112 Å². The van der Waals surface area contributed by atoms with E-state index in [1.807, 2.05) is 18.2 Å². The fourth-order valence-electron chi connectivity index (χ4n) is 9.89. The maximum atomic E-state index is 10.4. The standard InChI is InChI=1S/C50H44N4/c1-3-34-24-35-23-33(2)29-50(30-34,31-35)42-26-36(32-51)25-41(28-42)45-20-9-10-21-46(45)49-53-47(38-14-5-4-6-15-38)52-48(54-49)40-18-11-17-39(27-40)44-22-12-16-37-13-7-8-19-43(37)44/h4-22,25-28,33-35H,3,23-24,29-31H2,1-2H3/t33-,34+,35-,50?/m0/s1. The monoisotopic (exact) mass is 700 g/mol. The molecular formula is C50H44N4. The largest absolute Gasteiger partial charge is 0.208 e. The molecular weight excluding hydrogens is 657 g/mol. The Morgan fingerprint density at radius 1 is 0.593 bits per heavy atom. The van der Waals surface area contributed by atoms with Gasteiger partial charge in [0, 0.05) is 16.7 Å². The SMILES string of the molecule is CC[C@@H]1C[C@@H]2C[C@H](C)CC(c3cc(C#N)cc(-c4ccccc4-c4nc(-c5ccccc5)nc(-c5cccc(-c6cccc7ccccc67)c5)n4)c3)(C1)C2. The maximum Gasteiger partial charge on any atom is 0.164 e. The number of hydrogen-bond donors (Lipinski definition) is 0. The third-order valence-electron chi connectivity index (χ3n) is 12.1. The molecule has 0 aliphatic heterocycles. The molecule has 2 saturated carbocycles. The molecule has 2 aliphatic rings. The molecule has 4 atom stereocenters. The molecule has 0 spiro atoms. The van der Waals surface area contributed by atoms with Crippen molar-refractivity contribution in [3.05, 3.63) is 151 Å². The minimum absolute atomic E-state index is 0.105. The van der Waals surface area contributed by atoms with Crippen LogP contribution in [-0.4, -0.2) is 15.0 Å². The van der Waals surface area contributed by atoms with Crippen LogP contribution in [-0.2, 0) is 5.41 Å². The summed E-state index contributed by atoms with van der Waals surface area (Å²) < 4.78 is 0. The number of benzene rings is 6. The molecule has 4 heteroatoms. The van der Waals surface area contributed by atoms with Crippen LogP contribution in [0.3, 0.4) is 0 Å². The van der Waals surface area contributed by atoms with Crippen LogP contribution in [0, 0.1) is 29.1 Å². The van der Waals surface area contributed by atoms with Crippen molar-refractivity contribution in [1.29, 1.82) is 5.26 Å². The molecule has 4 nitrogen and oxygen atoms in total. The molecule has 0 amide bonds. The first kappa shape index (κ1) is 33.9. The molecule has 9 rings (SSSR count). The topological polar surface area (TPSA) is 62.5 Å². The van der Waals surface area contributed by atoms with Gasteiger partial charge >= 0.3 is 0 Å². The minimum Gasteiger partial charge on any atom is -0.208 e. The summed E-state index contributed by atoms with van der Waals surface area (Å²) in [5, 5.41) is 12.8. The Balaban J connectivity index is 1.19. The molecule has 54 heavy (non-hydrogen) atoms. The molecule has 2 aliphatic carbocycles. The van der Waals surface area contributed by atoms with Crippen molar-refractivity contribution in [1.82, 2.24) is 15.0 Å². The van der Waals surface area contributed by atoms with Gasteiger partial charge in [-0.1, -0.05) is 142 Å². The Hall–Kier alpha value is -5.92. The summed E-state index contributed by atoms with van der Waals surface area (Å²) in [6.07, 6.45) is 7.49. The van der Waals surface area contributed by atoms with Crippen LogP contribution in [0.1, 0.15) is 63.5 Å². The van der Waals surface area contributed by atoms with Crippen LogP contribution in [0.25, 0.3) is 67.2 Å². The average Bonchev–Trinajstić information content (AvgIpc) is 3.23. The van der Waals surface area contributed by atoms with Crippen LogP contribution in [0.5, 0.6) is 0 Å².